The molecule has 6 nitrogen and oxygen atoms in total. The minimum absolute atomic E-state index is 0. The van der Waals surface area contributed by atoms with Gasteiger partial charge in [0.25, 0.3) is 5.91 Å². The molecule has 3 rings (SSSR count). The summed E-state index contributed by atoms with van der Waals surface area (Å²) < 4.78 is 20.8. The first-order valence-electron chi connectivity index (χ1n) is 8.47. The van der Waals surface area contributed by atoms with E-state index >= 15 is 0 Å². The molecule has 142 valence electrons. The fraction of sp³-hybridized carbons (Fsp3) is 0.444. The number of hydrogen-bond donors (Lipinski definition) is 1. The number of nitrogens with zero attached hydrogens (tertiary/aromatic N) is 3. The van der Waals surface area contributed by atoms with Crippen molar-refractivity contribution in [3.05, 3.63) is 48.5 Å². The van der Waals surface area contributed by atoms with Gasteiger partial charge in [-0.05, 0) is 44.1 Å². The zero-order valence-electron chi connectivity index (χ0n) is 14.7. The van der Waals surface area contributed by atoms with E-state index in [2.05, 4.69) is 10.4 Å². The summed E-state index contributed by atoms with van der Waals surface area (Å²) in [5.41, 5.74) is -0.665. The van der Waals surface area contributed by atoms with Crippen LogP contribution in [0.4, 0.5) is 4.39 Å². The lowest BCUT2D eigenvalue weighted by Crippen LogP contribution is -2.55. The molecular formula is C18H24ClFN4O2. The first-order valence-corrected chi connectivity index (χ1v) is 8.47. The predicted octanol–water partition coefficient (Wildman–Crippen LogP) is 2.06. The molecular weight excluding hydrogens is 359 g/mol. The Bertz CT molecular complexity index is 705. The molecule has 0 spiro atoms. The number of rotatable bonds is 6. The number of halogens is 2. The molecule has 1 aromatic heterocycles. The average molecular weight is 383 g/mol. The molecule has 1 aromatic carbocycles. The van der Waals surface area contributed by atoms with E-state index in [-0.39, 0.29) is 30.7 Å². The van der Waals surface area contributed by atoms with Crippen LogP contribution in [0.1, 0.15) is 12.8 Å². The smallest absolute Gasteiger partial charge is 0.250 e. The molecule has 8 heteroatoms. The third-order valence-corrected chi connectivity index (χ3v) is 4.64. The van der Waals surface area contributed by atoms with E-state index in [1.807, 2.05) is 12.3 Å². The van der Waals surface area contributed by atoms with Gasteiger partial charge in [-0.2, -0.15) is 5.10 Å². The fourth-order valence-electron chi connectivity index (χ4n) is 3.21. The van der Waals surface area contributed by atoms with Crippen molar-refractivity contribution < 1.29 is 13.9 Å². The molecule has 1 aliphatic rings. The van der Waals surface area contributed by atoms with Crippen molar-refractivity contribution >= 4 is 18.3 Å². The SMILES string of the molecule is CN(CCOc1ccccc1F)C(=O)C1(n2cccn2)CCNCC1.Cl. The van der Waals surface area contributed by atoms with Crippen LogP contribution in [0.15, 0.2) is 42.7 Å². The van der Waals surface area contributed by atoms with Crippen molar-refractivity contribution in [2.45, 2.75) is 18.4 Å². The van der Waals surface area contributed by atoms with Gasteiger partial charge < -0.3 is 15.0 Å². The van der Waals surface area contributed by atoms with Crippen LogP contribution in [0.5, 0.6) is 5.75 Å². The molecule has 1 amide bonds. The molecule has 2 heterocycles. The number of piperidine rings is 1. The Morgan fingerprint density at radius 3 is 2.73 bits per heavy atom. The van der Waals surface area contributed by atoms with E-state index in [0.29, 0.717) is 19.4 Å². The lowest BCUT2D eigenvalue weighted by molar-refractivity contribution is -0.142. The molecule has 1 saturated heterocycles. The molecule has 0 atom stereocenters. The van der Waals surface area contributed by atoms with Crippen molar-refractivity contribution in [1.29, 1.82) is 0 Å². The van der Waals surface area contributed by atoms with Crippen molar-refractivity contribution in [3.63, 3.8) is 0 Å². The third-order valence-electron chi connectivity index (χ3n) is 4.64. The molecule has 0 saturated carbocycles. The summed E-state index contributed by atoms with van der Waals surface area (Å²) in [6.07, 6.45) is 4.91. The van der Waals surface area contributed by atoms with Crippen LogP contribution in [0.3, 0.4) is 0 Å². The number of likely N-dealkylation sites (N-methyl/N-ethyl adjacent to an activating group) is 1. The van der Waals surface area contributed by atoms with Gasteiger partial charge >= 0.3 is 0 Å². The van der Waals surface area contributed by atoms with E-state index in [0.717, 1.165) is 13.1 Å². The molecule has 1 N–H and O–H groups in total. The van der Waals surface area contributed by atoms with Crippen LogP contribution in [0, 0.1) is 5.82 Å². The maximum Gasteiger partial charge on any atom is 0.250 e. The van der Waals surface area contributed by atoms with E-state index in [4.69, 9.17) is 4.74 Å². The van der Waals surface area contributed by atoms with Crippen molar-refractivity contribution in [2.75, 3.05) is 33.3 Å². The van der Waals surface area contributed by atoms with Crippen molar-refractivity contribution in [1.82, 2.24) is 20.0 Å². The topological polar surface area (TPSA) is 59.4 Å². The number of aromatic nitrogens is 2. The second-order valence-electron chi connectivity index (χ2n) is 6.24. The highest BCUT2D eigenvalue weighted by molar-refractivity contribution is 5.85. The summed E-state index contributed by atoms with van der Waals surface area (Å²) in [6.45, 7) is 2.15. The van der Waals surface area contributed by atoms with Crippen LogP contribution in [-0.4, -0.2) is 53.9 Å². The maximum atomic E-state index is 13.6. The van der Waals surface area contributed by atoms with Gasteiger partial charge in [0.1, 0.15) is 12.1 Å². The van der Waals surface area contributed by atoms with Crippen LogP contribution in [0.2, 0.25) is 0 Å². The number of benzene rings is 1. The van der Waals surface area contributed by atoms with Crippen LogP contribution in [0.25, 0.3) is 0 Å². The lowest BCUT2D eigenvalue weighted by atomic mass is 9.87. The van der Waals surface area contributed by atoms with Gasteiger partial charge in [-0.1, -0.05) is 12.1 Å². The summed E-state index contributed by atoms with van der Waals surface area (Å²) in [5, 5.41) is 7.60. The molecule has 0 bridgehead atoms. The van der Waals surface area contributed by atoms with Gasteiger partial charge in [0.2, 0.25) is 0 Å². The van der Waals surface area contributed by atoms with Crippen LogP contribution < -0.4 is 10.1 Å². The first kappa shape index (κ1) is 20.2. The van der Waals surface area contributed by atoms with Gasteiger partial charge in [-0.25, -0.2) is 4.39 Å². The average Bonchev–Trinajstić information content (AvgIpc) is 3.18. The monoisotopic (exact) mass is 382 g/mol. The van der Waals surface area contributed by atoms with E-state index in [1.165, 1.54) is 6.07 Å². The molecule has 1 fully saturated rings. The second-order valence-corrected chi connectivity index (χ2v) is 6.24. The number of ether oxygens (including phenoxy) is 1. The zero-order valence-corrected chi connectivity index (χ0v) is 15.5. The highest BCUT2D eigenvalue weighted by Crippen LogP contribution is 2.29. The Morgan fingerprint density at radius 1 is 1.35 bits per heavy atom. The number of amides is 1. The minimum Gasteiger partial charge on any atom is -0.489 e. The summed E-state index contributed by atoms with van der Waals surface area (Å²) in [5.74, 6) is -0.190. The normalized spacial score (nSPS) is 15.8. The highest BCUT2D eigenvalue weighted by Gasteiger charge is 2.43. The Kier molecular flexibility index (Phi) is 6.99. The Balaban J connectivity index is 0.00000243. The van der Waals surface area contributed by atoms with E-state index in [1.54, 1.807) is 41.0 Å². The van der Waals surface area contributed by atoms with Gasteiger partial charge in [0.05, 0.1) is 6.54 Å². The Morgan fingerprint density at radius 2 is 2.08 bits per heavy atom. The zero-order chi connectivity index (χ0) is 17.7. The quantitative estimate of drug-likeness (QED) is 0.830. The minimum atomic E-state index is -0.665. The number of nitrogens with one attached hydrogen (secondary N) is 1. The molecule has 1 aliphatic heterocycles. The van der Waals surface area contributed by atoms with Crippen LogP contribution in [-0.2, 0) is 10.3 Å². The number of carbonyl (C=O) groups is 1. The van der Waals surface area contributed by atoms with Gasteiger partial charge in [-0.3, -0.25) is 9.48 Å². The number of carbonyl (C=O) groups excluding carboxylic acids is 1. The summed E-state index contributed by atoms with van der Waals surface area (Å²) >= 11 is 0. The van der Waals surface area contributed by atoms with Crippen molar-refractivity contribution in [3.8, 4) is 5.75 Å². The van der Waals surface area contributed by atoms with Crippen molar-refractivity contribution in [2.24, 2.45) is 0 Å². The Labute approximate surface area is 158 Å². The molecule has 0 aliphatic carbocycles. The molecule has 0 unspecified atom stereocenters. The standard InChI is InChI=1S/C18H23FN4O2.ClH/c1-22(13-14-25-16-6-3-2-5-15(16)19)17(24)18(7-10-20-11-8-18)23-12-4-9-21-23;/h2-6,9,12,20H,7-8,10-11,13-14H2,1H3;1H. The lowest BCUT2D eigenvalue weighted by Gasteiger charge is -2.39. The largest absolute Gasteiger partial charge is 0.489 e. The molecule has 0 radical (unpaired) electrons. The second kappa shape index (κ2) is 9.00. The third kappa shape index (κ3) is 4.16. The summed E-state index contributed by atoms with van der Waals surface area (Å²) in [6, 6.07) is 8.09. The maximum absolute atomic E-state index is 13.6. The first-order chi connectivity index (χ1) is 12.1. The highest BCUT2D eigenvalue weighted by atomic mass is 35.5. The van der Waals surface area contributed by atoms with Gasteiger partial charge in [0, 0.05) is 19.4 Å². The van der Waals surface area contributed by atoms with Gasteiger partial charge in [0.15, 0.2) is 11.6 Å². The van der Waals surface area contributed by atoms with E-state index in [9.17, 15) is 9.18 Å². The predicted molar refractivity (Wildman–Crippen MR) is 99.1 cm³/mol. The molecule has 2 aromatic rings. The number of hydrogen-bond acceptors (Lipinski definition) is 4. The molecule has 26 heavy (non-hydrogen) atoms. The van der Waals surface area contributed by atoms with E-state index < -0.39 is 11.4 Å². The number of para-hydroxylation sites is 1. The van der Waals surface area contributed by atoms with Crippen LogP contribution >= 0.6 is 12.4 Å². The summed E-state index contributed by atoms with van der Waals surface area (Å²) in [4.78, 5) is 14.8. The fourth-order valence-corrected chi connectivity index (χ4v) is 3.21. The van der Waals surface area contributed by atoms with Gasteiger partial charge in [-0.15, -0.1) is 12.4 Å². The summed E-state index contributed by atoms with van der Waals surface area (Å²) in [7, 11) is 1.75. The Hall–Kier alpha value is -2.12.